The minimum atomic E-state index is -4.60. The van der Waals surface area contributed by atoms with E-state index in [1.54, 1.807) is 0 Å². The Balaban J connectivity index is 2.72. The largest absolute Gasteiger partial charge is 0.394 e. The van der Waals surface area contributed by atoms with Gasteiger partial charge in [0, 0.05) is 0 Å². The lowest BCUT2D eigenvalue weighted by atomic mass is 9.92. The Morgan fingerprint density at radius 2 is 0.474 bits per heavy atom. The summed E-state index contributed by atoms with van der Waals surface area (Å²) in [6.45, 7) is -20.5. The first-order valence-electron chi connectivity index (χ1n) is 23.7. The average Bonchev–Trinajstić information content (AvgIpc) is 3.33. The molecule has 0 radical (unpaired) electrons. The number of halogens is 12. The number of aliphatic hydroxyl groups is 9. The Morgan fingerprint density at radius 3 is 0.718 bits per heavy atom. The van der Waals surface area contributed by atoms with Crippen molar-refractivity contribution in [2.24, 2.45) is 0 Å². The van der Waals surface area contributed by atoms with Gasteiger partial charge in [0.1, 0.15) is 76.3 Å². The van der Waals surface area contributed by atoms with Crippen LogP contribution >= 0.6 is 0 Å². The van der Waals surface area contributed by atoms with Crippen LogP contribution in [0.25, 0.3) is 0 Å². The minimum Gasteiger partial charge on any atom is -0.394 e. The van der Waals surface area contributed by atoms with E-state index in [0.717, 1.165) is 0 Å². The fourth-order valence-corrected chi connectivity index (χ4v) is 5.98. The van der Waals surface area contributed by atoms with Gasteiger partial charge in [-0.15, -0.1) is 0 Å². The third-order valence-electron chi connectivity index (χ3n) is 9.28. The van der Waals surface area contributed by atoms with Crippen LogP contribution in [0.5, 0.6) is 0 Å². The van der Waals surface area contributed by atoms with Crippen molar-refractivity contribution in [3.63, 3.8) is 0 Å². The molecule has 0 spiro atoms. The first-order chi connectivity index (χ1) is 36.4. The van der Waals surface area contributed by atoms with Gasteiger partial charge in [-0.05, 0) is 19.3 Å². The van der Waals surface area contributed by atoms with Crippen LogP contribution in [-0.4, -0.2) is 296 Å². The van der Waals surface area contributed by atoms with Gasteiger partial charge in [-0.2, -0.15) is 52.7 Å². The molecule has 78 heavy (non-hydrogen) atoms. The highest BCUT2D eigenvalue weighted by Gasteiger charge is 2.47. The van der Waals surface area contributed by atoms with Crippen LogP contribution in [0.15, 0.2) is 0 Å². The van der Waals surface area contributed by atoms with Gasteiger partial charge in [0.15, 0.2) is 0 Å². The summed E-state index contributed by atoms with van der Waals surface area (Å²) >= 11 is 0. The van der Waals surface area contributed by atoms with E-state index in [4.69, 9.17) is 59.1 Å². The molecule has 1 saturated carbocycles. The maximum absolute atomic E-state index is 14.2. The molecule has 0 aliphatic heterocycles. The molecule has 0 aromatic rings. The van der Waals surface area contributed by atoms with Gasteiger partial charge in [-0.25, -0.2) is 0 Å². The zero-order valence-corrected chi connectivity index (χ0v) is 42.0. The van der Waals surface area contributed by atoms with Gasteiger partial charge in [0.05, 0.1) is 137 Å². The number of aliphatic hydroxyl groups excluding tert-OH is 9. The van der Waals surface area contributed by atoms with Gasteiger partial charge < -0.3 is 103 Å². The molecule has 0 aromatic heterocycles. The zero-order valence-electron chi connectivity index (χ0n) is 42.0. The molecule has 8 unspecified atom stereocenters. The molecule has 0 aromatic carbocycles. The van der Waals surface area contributed by atoms with Gasteiger partial charge in [-0.1, -0.05) is 0 Å². The molecule has 0 bridgehead atoms. The second kappa shape index (κ2) is 38.9. The van der Waals surface area contributed by atoms with E-state index in [1.807, 2.05) is 0 Å². The van der Waals surface area contributed by atoms with Gasteiger partial charge in [0.2, 0.25) is 0 Å². The smallest absolute Gasteiger partial charge is 0.383 e. The van der Waals surface area contributed by atoms with E-state index in [1.165, 1.54) is 0 Å². The average molecular weight is 1190 g/mol. The molecule has 0 amide bonds. The van der Waals surface area contributed by atoms with Crippen molar-refractivity contribution in [2.75, 3.05) is 159 Å². The SMILES string of the molecule is OCC(O)COCCOCC(F)(F)OC(F)(F)COCC(O)COC1CC(OCC(O)COCCOCC(F)(F)OC(F)(F)COCC(O)CO)CC(OCC(O)COCC(F)(F)OC(F)(F)COCCOCC(O)CO)C1. The maximum atomic E-state index is 14.2. The topological polar surface area (TPSA) is 321 Å². The van der Waals surface area contributed by atoms with Crippen LogP contribution < -0.4 is 0 Å². The van der Waals surface area contributed by atoms with Gasteiger partial charge in [-0.3, -0.25) is 14.2 Å². The number of ether oxygens (including phenoxy) is 15. The number of hydrogen-bond acceptors (Lipinski definition) is 24. The number of alkyl halides is 12. The molecule has 0 heterocycles. The molecular formula is C42H72F12O24. The van der Waals surface area contributed by atoms with E-state index in [2.05, 4.69) is 42.6 Å². The lowest BCUT2D eigenvalue weighted by Gasteiger charge is -2.35. The second-order valence-electron chi connectivity index (χ2n) is 17.1. The molecule has 1 aliphatic rings. The lowest BCUT2D eigenvalue weighted by Crippen LogP contribution is -2.42. The van der Waals surface area contributed by atoms with E-state index >= 15 is 0 Å². The first-order valence-corrected chi connectivity index (χ1v) is 23.7. The van der Waals surface area contributed by atoms with Crippen molar-refractivity contribution in [1.29, 1.82) is 0 Å². The summed E-state index contributed by atoms with van der Waals surface area (Å²) in [5.41, 5.74) is 0. The fraction of sp³-hybridized carbons (Fsp3) is 1.00. The summed E-state index contributed by atoms with van der Waals surface area (Å²) in [6, 6.07) is 0. The zero-order chi connectivity index (χ0) is 58.9. The highest BCUT2D eigenvalue weighted by Crippen LogP contribution is 2.31. The lowest BCUT2D eigenvalue weighted by molar-refractivity contribution is -0.395. The summed E-state index contributed by atoms with van der Waals surface area (Å²) in [4.78, 5) is 0. The summed E-state index contributed by atoms with van der Waals surface area (Å²) in [6.07, 6.45) is -38.8. The molecule has 468 valence electrons. The van der Waals surface area contributed by atoms with Crippen molar-refractivity contribution in [2.45, 2.75) is 111 Å². The Bertz CT molecular complexity index is 1420. The summed E-state index contributed by atoms with van der Waals surface area (Å²) in [5.74, 6) is 0. The van der Waals surface area contributed by atoms with Crippen LogP contribution in [0.2, 0.25) is 0 Å². The van der Waals surface area contributed by atoms with Crippen molar-refractivity contribution in [3.8, 4) is 0 Å². The molecule has 1 fully saturated rings. The third-order valence-corrected chi connectivity index (χ3v) is 9.28. The molecule has 0 saturated heterocycles. The summed E-state index contributed by atoms with van der Waals surface area (Å²) in [5, 5.41) is 84.6. The quantitative estimate of drug-likeness (QED) is 0.0267. The molecule has 1 aliphatic carbocycles. The van der Waals surface area contributed by atoms with Crippen molar-refractivity contribution in [1.82, 2.24) is 0 Å². The van der Waals surface area contributed by atoms with Gasteiger partial charge in [0.25, 0.3) is 0 Å². The standard InChI is InChI=1S/C42H72F12O24/c43-37(44,76-40(49,50)25-70-15-30(60)12-57)24-69-6-3-66-16-31(61)19-73-34-7-35(74-20-32(62)17-71-26-41(51,52)77-38(45,46)22-67-4-1-64-13-28(58)10-55)9-36(8-34)75-21-33(63)18-72-27-42(53,54)78-39(47,48)23-68-5-2-65-14-29(59)11-56/h28-36,55-63H,1-27H2. The van der Waals surface area contributed by atoms with E-state index in [0.29, 0.717) is 0 Å². The highest BCUT2D eigenvalue weighted by molar-refractivity contribution is 4.82. The summed E-state index contributed by atoms with van der Waals surface area (Å²) < 4.78 is 237. The molecular weight excluding hydrogens is 1120 g/mol. The van der Waals surface area contributed by atoms with Crippen molar-refractivity contribution < 1.29 is 170 Å². The van der Waals surface area contributed by atoms with Crippen LogP contribution in [0.4, 0.5) is 52.7 Å². The van der Waals surface area contributed by atoms with Crippen LogP contribution in [0, 0.1) is 0 Å². The van der Waals surface area contributed by atoms with E-state index in [9.17, 15) is 68.0 Å². The Labute approximate surface area is 439 Å². The Morgan fingerprint density at radius 1 is 0.282 bits per heavy atom. The normalized spacial score (nSPS) is 19.7. The van der Waals surface area contributed by atoms with Crippen molar-refractivity contribution in [3.05, 3.63) is 0 Å². The first kappa shape index (κ1) is 74.2. The van der Waals surface area contributed by atoms with E-state index in [-0.39, 0.29) is 45.7 Å². The van der Waals surface area contributed by atoms with E-state index < -0.39 is 224 Å². The molecule has 8 atom stereocenters. The van der Waals surface area contributed by atoms with Crippen LogP contribution in [0.3, 0.4) is 0 Å². The predicted octanol–water partition coefficient (Wildman–Crippen LogP) is -0.776. The highest BCUT2D eigenvalue weighted by atomic mass is 19.3. The number of hydrogen-bond donors (Lipinski definition) is 9. The Kier molecular flexibility index (Phi) is 37.0. The second-order valence-corrected chi connectivity index (χ2v) is 17.1. The Hall–Kier alpha value is -1.80. The molecule has 24 nitrogen and oxygen atoms in total. The van der Waals surface area contributed by atoms with Crippen LogP contribution in [-0.2, 0) is 71.1 Å². The van der Waals surface area contributed by atoms with Crippen molar-refractivity contribution >= 4 is 0 Å². The summed E-state index contributed by atoms with van der Waals surface area (Å²) in [7, 11) is 0. The van der Waals surface area contributed by atoms with Gasteiger partial charge >= 0.3 is 36.7 Å². The predicted molar refractivity (Wildman–Crippen MR) is 231 cm³/mol. The fourth-order valence-electron chi connectivity index (χ4n) is 5.98. The monoisotopic (exact) mass is 1190 g/mol. The van der Waals surface area contributed by atoms with Crippen LogP contribution in [0.1, 0.15) is 19.3 Å². The molecule has 36 heteroatoms. The molecule has 1 rings (SSSR count). The minimum absolute atomic E-state index is 0.0142. The molecule has 9 N–H and O–H groups in total. The maximum Gasteiger partial charge on any atom is 0.383 e. The third kappa shape index (κ3) is 39.6. The number of rotatable bonds is 51.